The molecule has 156 valence electrons. The molecule has 0 saturated heterocycles. The number of fused-ring (bicyclic) bond motifs is 5. The monoisotopic (exact) mass is 375 g/mol. The first-order chi connectivity index (χ1) is 12.7. The second kappa shape index (κ2) is 7.01. The number of aliphatic hydroxyl groups is 1. The molecule has 4 rings (SSSR count). The topological polar surface area (TPSA) is 46.2 Å². The van der Waals surface area contributed by atoms with Gasteiger partial charge in [0.05, 0.1) is 5.60 Å². The third-order valence-corrected chi connectivity index (χ3v) is 10.6. The Balaban J connectivity index is 1.61. The Kier molecular flexibility index (Phi) is 5.25. The lowest BCUT2D eigenvalue weighted by Gasteiger charge is -2.64. The lowest BCUT2D eigenvalue weighted by Crippen LogP contribution is -2.58. The second-order valence-electron chi connectivity index (χ2n) is 11.8. The number of hydrogen-bond donors (Lipinski definition) is 2. The van der Waals surface area contributed by atoms with Crippen molar-refractivity contribution in [3.05, 3.63) is 0 Å². The molecule has 2 nitrogen and oxygen atoms in total. The van der Waals surface area contributed by atoms with E-state index in [-0.39, 0.29) is 0 Å². The molecule has 4 aliphatic rings. The quantitative estimate of drug-likeness (QED) is 0.655. The lowest BCUT2D eigenvalue weighted by molar-refractivity contribution is -0.168. The van der Waals surface area contributed by atoms with E-state index in [9.17, 15) is 5.11 Å². The van der Waals surface area contributed by atoms with E-state index in [4.69, 9.17) is 5.73 Å². The smallest absolute Gasteiger partial charge is 0.0623 e. The second-order valence-corrected chi connectivity index (χ2v) is 11.8. The Morgan fingerprint density at radius 3 is 2.37 bits per heavy atom. The van der Waals surface area contributed by atoms with Crippen molar-refractivity contribution in [1.29, 1.82) is 0 Å². The summed E-state index contributed by atoms with van der Waals surface area (Å²) in [5, 5.41) is 10.8. The predicted octanol–water partition coefficient (Wildman–Crippen LogP) is 5.77. The Morgan fingerprint density at radius 1 is 0.926 bits per heavy atom. The van der Waals surface area contributed by atoms with Gasteiger partial charge < -0.3 is 10.8 Å². The molecule has 0 bridgehead atoms. The highest BCUT2D eigenvalue weighted by atomic mass is 16.3. The molecule has 7 unspecified atom stereocenters. The van der Waals surface area contributed by atoms with Gasteiger partial charge in [-0.1, -0.05) is 27.2 Å². The van der Waals surface area contributed by atoms with E-state index in [0.717, 1.165) is 54.9 Å². The number of nitrogens with two attached hydrogens (primary N) is 1. The van der Waals surface area contributed by atoms with Gasteiger partial charge in [0.25, 0.3) is 0 Å². The van der Waals surface area contributed by atoms with E-state index in [2.05, 4.69) is 27.7 Å². The normalized spacial score (nSPS) is 54.9. The standard InChI is InChI=1S/C25H45NO/c1-5-17-15-19-20-9-8-18(7-6-14-26)24(20,3)11-10-21(19)25(4)13-12-23(2,27)16-22(17)25/h17-22,27H,5-16,26H2,1-4H3/t17-,18?,19?,20?,21-,22?,23?,24?,25?/m0/s1. The van der Waals surface area contributed by atoms with Gasteiger partial charge in [-0.3, -0.25) is 0 Å². The molecule has 0 amide bonds. The fourth-order valence-corrected chi connectivity index (χ4v) is 9.05. The average Bonchev–Trinajstić information content (AvgIpc) is 2.96. The van der Waals surface area contributed by atoms with E-state index in [0.29, 0.717) is 10.8 Å². The van der Waals surface area contributed by atoms with Gasteiger partial charge in [-0.15, -0.1) is 0 Å². The highest BCUT2D eigenvalue weighted by Gasteiger charge is 2.62. The SMILES string of the molecule is CC[C@H]1CC2C3CCC(CCCN)C3(C)CC[C@@H]2C2(C)CCC(C)(O)CC12. The summed E-state index contributed by atoms with van der Waals surface area (Å²) < 4.78 is 0. The van der Waals surface area contributed by atoms with Crippen LogP contribution in [0.5, 0.6) is 0 Å². The molecule has 9 atom stereocenters. The summed E-state index contributed by atoms with van der Waals surface area (Å²) in [7, 11) is 0. The molecule has 2 heteroatoms. The minimum absolute atomic E-state index is 0.422. The Bertz CT molecular complexity index is 544. The summed E-state index contributed by atoms with van der Waals surface area (Å²) in [5.41, 5.74) is 6.49. The highest BCUT2D eigenvalue weighted by molar-refractivity contribution is 5.11. The molecule has 4 saturated carbocycles. The van der Waals surface area contributed by atoms with E-state index in [1.165, 1.54) is 57.8 Å². The van der Waals surface area contributed by atoms with Crippen LogP contribution in [0.4, 0.5) is 0 Å². The van der Waals surface area contributed by atoms with Crippen LogP contribution in [0.1, 0.15) is 98.3 Å². The van der Waals surface area contributed by atoms with Gasteiger partial charge in [0.15, 0.2) is 0 Å². The first-order valence-corrected chi connectivity index (χ1v) is 12.2. The molecule has 0 aliphatic heterocycles. The molecule has 0 aromatic heterocycles. The van der Waals surface area contributed by atoms with Gasteiger partial charge in [0.1, 0.15) is 0 Å². The summed E-state index contributed by atoms with van der Waals surface area (Å²) in [5.74, 6) is 5.30. The zero-order valence-corrected chi connectivity index (χ0v) is 18.5. The predicted molar refractivity (Wildman–Crippen MR) is 113 cm³/mol. The van der Waals surface area contributed by atoms with Crippen molar-refractivity contribution in [2.45, 2.75) is 104 Å². The van der Waals surface area contributed by atoms with Crippen molar-refractivity contribution in [2.24, 2.45) is 52.1 Å². The van der Waals surface area contributed by atoms with Crippen molar-refractivity contribution in [3.8, 4) is 0 Å². The third kappa shape index (κ3) is 3.12. The molecule has 27 heavy (non-hydrogen) atoms. The van der Waals surface area contributed by atoms with Crippen molar-refractivity contribution >= 4 is 0 Å². The molecule has 4 aliphatic carbocycles. The summed E-state index contributed by atoms with van der Waals surface area (Å²) >= 11 is 0. The highest BCUT2D eigenvalue weighted by Crippen LogP contribution is 2.69. The van der Waals surface area contributed by atoms with Gasteiger partial charge in [-0.2, -0.15) is 0 Å². The molecular weight excluding hydrogens is 330 g/mol. The maximum Gasteiger partial charge on any atom is 0.0623 e. The van der Waals surface area contributed by atoms with Gasteiger partial charge in [0.2, 0.25) is 0 Å². The summed E-state index contributed by atoms with van der Waals surface area (Å²) in [6, 6.07) is 0. The maximum atomic E-state index is 10.8. The van der Waals surface area contributed by atoms with Gasteiger partial charge in [-0.25, -0.2) is 0 Å². The summed E-state index contributed by atoms with van der Waals surface area (Å²) in [6.45, 7) is 10.7. The lowest BCUT2D eigenvalue weighted by atomic mass is 9.41. The van der Waals surface area contributed by atoms with Crippen LogP contribution in [0.25, 0.3) is 0 Å². The molecule has 0 aromatic rings. The first-order valence-electron chi connectivity index (χ1n) is 12.2. The van der Waals surface area contributed by atoms with E-state index >= 15 is 0 Å². The summed E-state index contributed by atoms with van der Waals surface area (Å²) in [6.07, 6.45) is 14.5. The van der Waals surface area contributed by atoms with Crippen LogP contribution in [0.3, 0.4) is 0 Å². The van der Waals surface area contributed by atoms with E-state index in [1.807, 2.05) is 0 Å². The molecule has 0 aromatic carbocycles. The zero-order chi connectivity index (χ0) is 19.4. The van der Waals surface area contributed by atoms with Crippen LogP contribution in [-0.2, 0) is 0 Å². The Labute approximate surface area is 168 Å². The molecule has 4 fully saturated rings. The number of hydrogen-bond acceptors (Lipinski definition) is 2. The largest absolute Gasteiger partial charge is 0.390 e. The van der Waals surface area contributed by atoms with E-state index in [1.54, 1.807) is 0 Å². The Morgan fingerprint density at radius 2 is 1.67 bits per heavy atom. The van der Waals surface area contributed by atoms with Gasteiger partial charge in [0, 0.05) is 0 Å². The third-order valence-electron chi connectivity index (χ3n) is 10.6. The molecule has 0 heterocycles. The van der Waals surface area contributed by atoms with Crippen molar-refractivity contribution in [1.82, 2.24) is 0 Å². The molecular formula is C25H45NO. The zero-order valence-electron chi connectivity index (χ0n) is 18.5. The first kappa shape index (κ1) is 20.2. The minimum atomic E-state index is -0.422. The van der Waals surface area contributed by atoms with E-state index < -0.39 is 5.60 Å². The molecule has 3 N–H and O–H groups in total. The summed E-state index contributed by atoms with van der Waals surface area (Å²) in [4.78, 5) is 0. The van der Waals surface area contributed by atoms with Crippen molar-refractivity contribution in [3.63, 3.8) is 0 Å². The van der Waals surface area contributed by atoms with Crippen molar-refractivity contribution < 1.29 is 5.11 Å². The average molecular weight is 376 g/mol. The van der Waals surface area contributed by atoms with Crippen LogP contribution in [0, 0.1) is 46.3 Å². The van der Waals surface area contributed by atoms with Crippen molar-refractivity contribution in [2.75, 3.05) is 6.54 Å². The maximum absolute atomic E-state index is 10.8. The fraction of sp³-hybridized carbons (Fsp3) is 1.00. The van der Waals surface area contributed by atoms with Gasteiger partial charge in [-0.05, 0) is 124 Å². The minimum Gasteiger partial charge on any atom is -0.390 e. The van der Waals surface area contributed by atoms with Crippen LogP contribution in [-0.4, -0.2) is 17.3 Å². The van der Waals surface area contributed by atoms with Crippen LogP contribution < -0.4 is 5.73 Å². The van der Waals surface area contributed by atoms with Crippen LogP contribution >= 0.6 is 0 Å². The molecule has 0 spiro atoms. The fourth-order valence-electron chi connectivity index (χ4n) is 9.05. The Hall–Kier alpha value is -0.0800. The number of rotatable bonds is 4. The van der Waals surface area contributed by atoms with Gasteiger partial charge >= 0.3 is 0 Å². The molecule has 0 radical (unpaired) electrons. The van der Waals surface area contributed by atoms with Crippen LogP contribution in [0.15, 0.2) is 0 Å². The van der Waals surface area contributed by atoms with Crippen LogP contribution in [0.2, 0.25) is 0 Å².